The molecule has 2 rings (SSSR count). The average molecular weight is 239 g/mol. The highest BCUT2D eigenvalue weighted by molar-refractivity contribution is 5.23. The van der Waals surface area contributed by atoms with Gasteiger partial charge in [-0.25, -0.2) is 8.78 Å². The van der Waals surface area contributed by atoms with Gasteiger partial charge in [0.1, 0.15) is 0 Å². The standard InChI is InChI=1S/C14H19F2N/c1-9-5-3-6-10(9)14(17-2)11-7-4-8-12(15)13(11)16/h4,7-10,14,17H,3,5-6H2,1-2H3. The van der Waals surface area contributed by atoms with Crippen LogP contribution in [0.4, 0.5) is 8.78 Å². The Labute approximate surface area is 101 Å². The highest BCUT2D eigenvalue weighted by Crippen LogP contribution is 2.40. The zero-order valence-electron chi connectivity index (χ0n) is 10.3. The van der Waals surface area contributed by atoms with Crippen LogP contribution in [0.25, 0.3) is 0 Å². The van der Waals surface area contributed by atoms with Crippen molar-refractivity contribution in [1.29, 1.82) is 0 Å². The fourth-order valence-electron chi connectivity index (χ4n) is 3.03. The van der Waals surface area contributed by atoms with Crippen LogP contribution in [0.3, 0.4) is 0 Å². The summed E-state index contributed by atoms with van der Waals surface area (Å²) in [4.78, 5) is 0. The molecule has 1 aliphatic rings. The van der Waals surface area contributed by atoms with Gasteiger partial charge in [0, 0.05) is 11.6 Å². The number of hydrogen-bond donors (Lipinski definition) is 1. The summed E-state index contributed by atoms with van der Waals surface area (Å²) in [5.41, 5.74) is 0.464. The van der Waals surface area contributed by atoms with Crippen LogP contribution in [-0.4, -0.2) is 7.05 Å². The Balaban J connectivity index is 2.31. The smallest absolute Gasteiger partial charge is 0.163 e. The second-order valence-electron chi connectivity index (χ2n) is 4.98. The van der Waals surface area contributed by atoms with Gasteiger partial charge in [0.25, 0.3) is 0 Å². The lowest BCUT2D eigenvalue weighted by Gasteiger charge is -2.27. The zero-order chi connectivity index (χ0) is 12.4. The van der Waals surface area contributed by atoms with Crippen molar-refractivity contribution in [1.82, 2.24) is 5.32 Å². The van der Waals surface area contributed by atoms with Crippen molar-refractivity contribution in [2.45, 2.75) is 32.2 Å². The summed E-state index contributed by atoms with van der Waals surface area (Å²) in [6, 6.07) is 4.36. The van der Waals surface area contributed by atoms with Crippen LogP contribution < -0.4 is 5.32 Å². The predicted molar refractivity (Wildman–Crippen MR) is 64.7 cm³/mol. The van der Waals surface area contributed by atoms with Gasteiger partial charge in [-0.05, 0) is 31.4 Å². The SMILES string of the molecule is CNC(c1cccc(F)c1F)C1CCCC1C. The zero-order valence-corrected chi connectivity index (χ0v) is 10.3. The maximum Gasteiger partial charge on any atom is 0.163 e. The van der Waals surface area contributed by atoms with E-state index < -0.39 is 11.6 Å². The van der Waals surface area contributed by atoms with E-state index in [1.165, 1.54) is 18.9 Å². The average Bonchev–Trinajstić information content (AvgIpc) is 2.72. The highest BCUT2D eigenvalue weighted by Gasteiger charge is 2.32. The molecule has 0 bridgehead atoms. The highest BCUT2D eigenvalue weighted by atomic mass is 19.2. The van der Waals surface area contributed by atoms with E-state index in [1.807, 2.05) is 7.05 Å². The van der Waals surface area contributed by atoms with Crippen LogP contribution in [0.5, 0.6) is 0 Å². The predicted octanol–water partition coefficient (Wildman–Crippen LogP) is 3.66. The molecule has 1 nitrogen and oxygen atoms in total. The number of halogens is 2. The Hall–Kier alpha value is -0.960. The normalized spacial score (nSPS) is 26.1. The second-order valence-corrected chi connectivity index (χ2v) is 4.98. The van der Waals surface area contributed by atoms with Gasteiger partial charge in [-0.2, -0.15) is 0 Å². The maximum atomic E-state index is 13.8. The van der Waals surface area contributed by atoms with Gasteiger partial charge in [0.05, 0.1) is 0 Å². The van der Waals surface area contributed by atoms with Crippen molar-refractivity contribution in [3.63, 3.8) is 0 Å². The summed E-state index contributed by atoms with van der Waals surface area (Å²) < 4.78 is 27.1. The summed E-state index contributed by atoms with van der Waals surface area (Å²) in [6.45, 7) is 2.19. The molecule has 0 amide bonds. The minimum absolute atomic E-state index is 0.0804. The van der Waals surface area contributed by atoms with E-state index in [9.17, 15) is 8.78 Å². The molecule has 0 aromatic heterocycles. The van der Waals surface area contributed by atoms with E-state index in [4.69, 9.17) is 0 Å². The molecule has 0 saturated heterocycles. The van der Waals surface area contributed by atoms with E-state index in [0.29, 0.717) is 17.4 Å². The third-order valence-corrected chi connectivity index (χ3v) is 3.98. The lowest BCUT2D eigenvalue weighted by atomic mass is 9.86. The molecule has 1 N–H and O–H groups in total. The van der Waals surface area contributed by atoms with Gasteiger partial charge < -0.3 is 5.32 Å². The van der Waals surface area contributed by atoms with E-state index in [0.717, 1.165) is 6.42 Å². The monoisotopic (exact) mass is 239 g/mol. The van der Waals surface area contributed by atoms with E-state index >= 15 is 0 Å². The van der Waals surface area contributed by atoms with E-state index in [1.54, 1.807) is 12.1 Å². The van der Waals surface area contributed by atoms with Crippen molar-refractivity contribution >= 4 is 0 Å². The molecule has 17 heavy (non-hydrogen) atoms. The lowest BCUT2D eigenvalue weighted by molar-refractivity contribution is 0.306. The molecule has 0 radical (unpaired) electrons. The first-order chi connectivity index (χ1) is 8.15. The minimum Gasteiger partial charge on any atom is -0.313 e. The van der Waals surface area contributed by atoms with Crippen molar-refractivity contribution in [3.8, 4) is 0 Å². The van der Waals surface area contributed by atoms with Crippen LogP contribution in [0.1, 0.15) is 37.8 Å². The molecule has 0 aliphatic heterocycles. The first-order valence-electron chi connectivity index (χ1n) is 6.26. The summed E-state index contributed by atoms with van der Waals surface area (Å²) in [5, 5.41) is 3.15. The van der Waals surface area contributed by atoms with Gasteiger partial charge in [-0.1, -0.05) is 31.9 Å². The molecule has 0 spiro atoms. The van der Waals surface area contributed by atoms with Crippen LogP contribution in [0.2, 0.25) is 0 Å². The molecule has 0 heterocycles. The molecule has 94 valence electrons. The first kappa shape index (κ1) is 12.5. The van der Waals surface area contributed by atoms with Gasteiger partial charge >= 0.3 is 0 Å². The minimum atomic E-state index is -0.756. The Morgan fingerprint density at radius 1 is 1.29 bits per heavy atom. The molecule has 1 aromatic rings. The molecule has 3 heteroatoms. The maximum absolute atomic E-state index is 13.8. The van der Waals surface area contributed by atoms with Gasteiger partial charge in [-0.15, -0.1) is 0 Å². The molecular formula is C14H19F2N. The number of hydrogen-bond acceptors (Lipinski definition) is 1. The molecular weight excluding hydrogens is 220 g/mol. The van der Waals surface area contributed by atoms with Crippen LogP contribution >= 0.6 is 0 Å². The molecule has 1 fully saturated rings. The Morgan fingerprint density at radius 3 is 2.65 bits per heavy atom. The first-order valence-corrected chi connectivity index (χ1v) is 6.26. The third-order valence-electron chi connectivity index (χ3n) is 3.98. The van der Waals surface area contributed by atoms with Gasteiger partial charge in [0.2, 0.25) is 0 Å². The summed E-state index contributed by atoms with van der Waals surface area (Å²) >= 11 is 0. The topological polar surface area (TPSA) is 12.0 Å². The number of nitrogens with one attached hydrogen (secondary N) is 1. The molecule has 1 aliphatic carbocycles. The number of rotatable bonds is 3. The molecule has 3 atom stereocenters. The van der Waals surface area contributed by atoms with Gasteiger partial charge in [-0.3, -0.25) is 0 Å². The van der Waals surface area contributed by atoms with E-state index in [-0.39, 0.29) is 6.04 Å². The third kappa shape index (κ3) is 2.34. The van der Waals surface area contributed by atoms with Crippen molar-refractivity contribution < 1.29 is 8.78 Å². The summed E-state index contributed by atoms with van der Waals surface area (Å²) in [6.07, 6.45) is 3.45. The Kier molecular flexibility index (Phi) is 3.77. The number of benzene rings is 1. The Bertz CT molecular complexity index is 392. The lowest BCUT2D eigenvalue weighted by Crippen LogP contribution is -2.28. The fraction of sp³-hybridized carbons (Fsp3) is 0.571. The van der Waals surface area contributed by atoms with Crippen LogP contribution in [0, 0.1) is 23.5 Å². The molecule has 1 saturated carbocycles. The largest absolute Gasteiger partial charge is 0.313 e. The van der Waals surface area contributed by atoms with Crippen molar-refractivity contribution in [3.05, 3.63) is 35.4 Å². The van der Waals surface area contributed by atoms with Crippen LogP contribution in [0.15, 0.2) is 18.2 Å². The summed E-state index contributed by atoms with van der Waals surface area (Å²) in [7, 11) is 1.82. The van der Waals surface area contributed by atoms with E-state index in [2.05, 4.69) is 12.2 Å². The molecule has 3 unspecified atom stereocenters. The van der Waals surface area contributed by atoms with Crippen molar-refractivity contribution in [2.24, 2.45) is 11.8 Å². The fourth-order valence-corrected chi connectivity index (χ4v) is 3.03. The Morgan fingerprint density at radius 2 is 2.06 bits per heavy atom. The van der Waals surface area contributed by atoms with Gasteiger partial charge in [0.15, 0.2) is 11.6 Å². The van der Waals surface area contributed by atoms with Crippen molar-refractivity contribution in [2.75, 3.05) is 7.05 Å². The van der Waals surface area contributed by atoms with Crippen LogP contribution in [-0.2, 0) is 0 Å². The molecule has 1 aromatic carbocycles. The summed E-state index contributed by atoms with van der Waals surface area (Å²) in [5.74, 6) is -0.495. The quantitative estimate of drug-likeness (QED) is 0.848. The second kappa shape index (κ2) is 5.13.